The second kappa shape index (κ2) is 10.2. The molecule has 0 spiro atoms. The Balaban J connectivity index is 1.60. The fourth-order valence-electron chi connectivity index (χ4n) is 3.23. The van der Waals surface area contributed by atoms with E-state index in [1.54, 1.807) is 37.3 Å². The summed E-state index contributed by atoms with van der Waals surface area (Å²) in [7, 11) is 0. The van der Waals surface area contributed by atoms with E-state index in [0.29, 0.717) is 24.9 Å². The summed E-state index contributed by atoms with van der Waals surface area (Å²) in [6.45, 7) is 2.12. The zero-order valence-corrected chi connectivity index (χ0v) is 16.8. The zero-order valence-electron chi connectivity index (χ0n) is 16.8. The first-order chi connectivity index (χ1) is 14.6. The highest BCUT2D eigenvalue weighted by Crippen LogP contribution is 2.21. The predicted octanol–water partition coefficient (Wildman–Crippen LogP) is 3.62. The Hall–Kier alpha value is -3.61. The maximum atomic E-state index is 12.5. The average molecular weight is 407 g/mol. The zero-order chi connectivity index (χ0) is 21.3. The Labute approximate surface area is 174 Å². The highest BCUT2D eigenvalue weighted by atomic mass is 16.5. The summed E-state index contributed by atoms with van der Waals surface area (Å²) in [6, 6.07) is 16.0. The predicted molar refractivity (Wildman–Crippen MR) is 114 cm³/mol. The van der Waals surface area contributed by atoms with E-state index < -0.39 is 24.0 Å². The summed E-state index contributed by atoms with van der Waals surface area (Å²) >= 11 is 0. The summed E-state index contributed by atoms with van der Waals surface area (Å²) < 4.78 is 5.45. The normalized spacial score (nSPS) is 11.6. The molecule has 3 aromatic rings. The number of fused-ring (bicyclic) bond motifs is 1. The Morgan fingerprint density at radius 3 is 2.53 bits per heavy atom. The van der Waals surface area contributed by atoms with Gasteiger partial charge in [0.25, 0.3) is 5.91 Å². The molecule has 3 amide bonds. The van der Waals surface area contributed by atoms with Crippen molar-refractivity contribution in [2.24, 2.45) is 0 Å². The van der Waals surface area contributed by atoms with Gasteiger partial charge in [0.1, 0.15) is 0 Å². The van der Waals surface area contributed by atoms with E-state index in [0.717, 1.165) is 16.5 Å². The number of carbonyl (C=O) groups is 3. The number of aromatic amines is 1. The van der Waals surface area contributed by atoms with Crippen LogP contribution in [0.1, 0.15) is 37.0 Å². The first kappa shape index (κ1) is 21.1. The van der Waals surface area contributed by atoms with Crippen molar-refractivity contribution in [1.29, 1.82) is 0 Å². The second-order valence-corrected chi connectivity index (χ2v) is 6.84. The summed E-state index contributed by atoms with van der Waals surface area (Å²) in [4.78, 5) is 39.9. The fourth-order valence-corrected chi connectivity index (χ4v) is 3.23. The molecule has 7 nitrogen and oxygen atoms in total. The smallest absolute Gasteiger partial charge is 0.321 e. The van der Waals surface area contributed by atoms with E-state index in [1.165, 1.54) is 0 Å². The summed E-state index contributed by atoms with van der Waals surface area (Å²) in [5.74, 6) is -1.17. The van der Waals surface area contributed by atoms with E-state index in [9.17, 15) is 14.4 Å². The van der Waals surface area contributed by atoms with Crippen LogP contribution in [-0.4, -0.2) is 29.4 Å². The summed E-state index contributed by atoms with van der Waals surface area (Å²) in [5, 5.41) is 5.83. The van der Waals surface area contributed by atoms with Gasteiger partial charge in [-0.3, -0.25) is 14.9 Å². The number of hydrogen-bond donors (Lipinski definition) is 3. The molecule has 30 heavy (non-hydrogen) atoms. The molecule has 1 aromatic heterocycles. The second-order valence-electron chi connectivity index (χ2n) is 6.84. The van der Waals surface area contributed by atoms with Crippen molar-refractivity contribution in [2.75, 3.05) is 6.54 Å². The number of aryl methyl sites for hydroxylation is 1. The number of urea groups is 1. The SMILES string of the molecule is CCNC(=O)NC(=O)C(OC(=O)CCCc1c[nH]c2ccccc12)c1ccccc1. The van der Waals surface area contributed by atoms with Crippen molar-refractivity contribution in [1.82, 2.24) is 15.6 Å². The standard InChI is InChI=1S/C23H25N3O4/c1-2-24-23(29)26-22(28)21(16-9-4-3-5-10-16)30-20(27)14-8-11-17-15-25-19-13-7-6-12-18(17)19/h3-7,9-10,12-13,15,21,25H,2,8,11,14H2,1H3,(H2,24,26,28,29). The number of carbonyl (C=O) groups excluding carboxylic acids is 3. The third kappa shape index (κ3) is 5.47. The lowest BCUT2D eigenvalue weighted by molar-refractivity contribution is -0.156. The fraction of sp³-hybridized carbons (Fsp3) is 0.261. The molecule has 0 aliphatic rings. The molecular formula is C23H25N3O4. The Bertz CT molecular complexity index is 1010. The van der Waals surface area contributed by atoms with Gasteiger partial charge in [0.05, 0.1) is 0 Å². The number of esters is 1. The highest BCUT2D eigenvalue weighted by molar-refractivity contribution is 5.97. The number of nitrogens with one attached hydrogen (secondary N) is 3. The number of para-hydroxylation sites is 1. The maximum Gasteiger partial charge on any atom is 0.321 e. The number of H-pyrrole nitrogens is 1. The number of amides is 3. The number of benzene rings is 2. The number of aromatic nitrogens is 1. The van der Waals surface area contributed by atoms with Crippen molar-refractivity contribution in [3.63, 3.8) is 0 Å². The lowest BCUT2D eigenvalue weighted by Gasteiger charge is -2.17. The van der Waals surface area contributed by atoms with Gasteiger partial charge in [-0.1, -0.05) is 48.5 Å². The average Bonchev–Trinajstić information content (AvgIpc) is 3.16. The van der Waals surface area contributed by atoms with Crippen LogP contribution < -0.4 is 10.6 Å². The van der Waals surface area contributed by atoms with E-state index >= 15 is 0 Å². The topological polar surface area (TPSA) is 100 Å². The van der Waals surface area contributed by atoms with Gasteiger partial charge >= 0.3 is 12.0 Å². The molecule has 156 valence electrons. The molecule has 2 aromatic carbocycles. The van der Waals surface area contributed by atoms with Crippen LogP contribution in [0.4, 0.5) is 4.79 Å². The van der Waals surface area contributed by atoms with Gasteiger partial charge in [0.2, 0.25) is 6.10 Å². The molecule has 0 fully saturated rings. The monoisotopic (exact) mass is 407 g/mol. The van der Waals surface area contributed by atoms with Gasteiger partial charge in [-0.25, -0.2) is 4.79 Å². The number of imide groups is 1. The molecule has 0 aliphatic carbocycles. The molecule has 3 rings (SSSR count). The molecule has 0 bridgehead atoms. The lowest BCUT2D eigenvalue weighted by atomic mass is 10.1. The molecule has 1 unspecified atom stereocenters. The van der Waals surface area contributed by atoms with Crippen molar-refractivity contribution in [3.05, 3.63) is 71.9 Å². The molecule has 3 N–H and O–H groups in total. The van der Waals surface area contributed by atoms with Gasteiger partial charge in [0.15, 0.2) is 0 Å². The number of rotatable bonds is 8. The van der Waals surface area contributed by atoms with Crippen LogP contribution in [0.15, 0.2) is 60.8 Å². The van der Waals surface area contributed by atoms with Crippen LogP contribution in [-0.2, 0) is 20.7 Å². The summed E-state index contributed by atoms with van der Waals surface area (Å²) in [6.07, 6.45) is 2.22. The number of hydrogen-bond acceptors (Lipinski definition) is 4. The van der Waals surface area contributed by atoms with Crippen LogP contribution in [0.3, 0.4) is 0 Å². The highest BCUT2D eigenvalue weighted by Gasteiger charge is 2.26. The van der Waals surface area contributed by atoms with Gasteiger partial charge in [-0.15, -0.1) is 0 Å². The quantitative estimate of drug-likeness (QED) is 0.497. The minimum atomic E-state index is -1.19. The van der Waals surface area contributed by atoms with E-state index in [-0.39, 0.29) is 6.42 Å². The Kier molecular flexibility index (Phi) is 7.21. The molecule has 1 atom stereocenters. The van der Waals surface area contributed by atoms with E-state index in [2.05, 4.69) is 15.6 Å². The van der Waals surface area contributed by atoms with E-state index in [4.69, 9.17) is 4.74 Å². The van der Waals surface area contributed by atoms with Crippen molar-refractivity contribution in [2.45, 2.75) is 32.3 Å². The largest absolute Gasteiger partial charge is 0.447 e. The third-order valence-corrected chi connectivity index (χ3v) is 4.67. The molecule has 0 saturated carbocycles. The molecule has 0 saturated heterocycles. The van der Waals surface area contributed by atoms with Crippen LogP contribution in [0, 0.1) is 0 Å². The van der Waals surface area contributed by atoms with Crippen LogP contribution >= 0.6 is 0 Å². The van der Waals surface area contributed by atoms with Crippen LogP contribution in [0.2, 0.25) is 0 Å². The summed E-state index contributed by atoms with van der Waals surface area (Å²) in [5.41, 5.74) is 2.69. The van der Waals surface area contributed by atoms with Gasteiger partial charge in [-0.05, 0) is 31.4 Å². The maximum absolute atomic E-state index is 12.5. The molecular weight excluding hydrogens is 382 g/mol. The Morgan fingerprint density at radius 2 is 1.77 bits per heavy atom. The van der Waals surface area contributed by atoms with Crippen molar-refractivity contribution >= 4 is 28.8 Å². The van der Waals surface area contributed by atoms with Crippen molar-refractivity contribution in [3.8, 4) is 0 Å². The van der Waals surface area contributed by atoms with E-state index in [1.807, 2.05) is 30.5 Å². The minimum absolute atomic E-state index is 0.164. The number of ether oxygens (including phenoxy) is 1. The van der Waals surface area contributed by atoms with Crippen molar-refractivity contribution < 1.29 is 19.1 Å². The van der Waals surface area contributed by atoms with Gasteiger partial charge in [-0.2, -0.15) is 0 Å². The molecule has 0 aliphatic heterocycles. The lowest BCUT2D eigenvalue weighted by Crippen LogP contribution is -2.42. The van der Waals surface area contributed by atoms with Gasteiger partial charge in [0, 0.05) is 35.6 Å². The minimum Gasteiger partial charge on any atom is -0.447 e. The Morgan fingerprint density at radius 1 is 1.03 bits per heavy atom. The first-order valence-electron chi connectivity index (χ1n) is 9.96. The van der Waals surface area contributed by atoms with Crippen LogP contribution in [0.25, 0.3) is 10.9 Å². The first-order valence-corrected chi connectivity index (χ1v) is 9.96. The van der Waals surface area contributed by atoms with Crippen LogP contribution in [0.5, 0.6) is 0 Å². The third-order valence-electron chi connectivity index (χ3n) is 4.67. The molecule has 1 heterocycles. The molecule has 0 radical (unpaired) electrons. The van der Waals surface area contributed by atoms with Gasteiger partial charge < -0.3 is 15.0 Å². The molecule has 7 heteroatoms.